The van der Waals surface area contributed by atoms with Crippen molar-refractivity contribution in [2.45, 2.75) is 27.4 Å². The molecule has 0 aliphatic rings. The summed E-state index contributed by atoms with van der Waals surface area (Å²) in [4.78, 5) is 12.1. The number of rotatable bonds is 9. The molecule has 0 aliphatic heterocycles. The number of benzene rings is 3. The summed E-state index contributed by atoms with van der Waals surface area (Å²) in [5.41, 5.74) is 7.43. The summed E-state index contributed by atoms with van der Waals surface area (Å²) >= 11 is 3.45. The number of ether oxygens (including phenoxy) is 3. The van der Waals surface area contributed by atoms with E-state index in [0.717, 1.165) is 26.7 Å². The molecule has 6 nitrogen and oxygen atoms in total. The van der Waals surface area contributed by atoms with Gasteiger partial charge in [0.15, 0.2) is 18.1 Å². The standard InChI is InChI=1S/C26H27BrN2O4/c1-17-5-7-20(8-6-17)15-32-23-10-9-21(13-24(23)31-4)14-28-29-25(30)16-33-26-18(2)11-22(27)12-19(26)3/h5-14H,15-16H2,1-4H3,(H,29,30)/b28-14+. The van der Waals surface area contributed by atoms with Gasteiger partial charge in [0.05, 0.1) is 13.3 Å². The monoisotopic (exact) mass is 510 g/mol. The van der Waals surface area contributed by atoms with E-state index < -0.39 is 0 Å². The highest BCUT2D eigenvalue weighted by molar-refractivity contribution is 9.10. The van der Waals surface area contributed by atoms with E-state index in [9.17, 15) is 4.79 Å². The molecule has 172 valence electrons. The van der Waals surface area contributed by atoms with Crippen molar-refractivity contribution in [3.8, 4) is 17.2 Å². The van der Waals surface area contributed by atoms with Gasteiger partial charge in [0.2, 0.25) is 0 Å². The fraction of sp³-hybridized carbons (Fsp3) is 0.231. The highest BCUT2D eigenvalue weighted by Crippen LogP contribution is 2.29. The van der Waals surface area contributed by atoms with Crippen LogP contribution in [0.4, 0.5) is 0 Å². The molecule has 1 N–H and O–H groups in total. The van der Waals surface area contributed by atoms with E-state index in [2.05, 4.69) is 38.6 Å². The first-order valence-electron chi connectivity index (χ1n) is 10.4. The van der Waals surface area contributed by atoms with E-state index in [-0.39, 0.29) is 12.5 Å². The number of aryl methyl sites for hydroxylation is 3. The second kappa shape index (κ2) is 11.5. The fourth-order valence-corrected chi connectivity index (χ4v) is 3.89. The Bertz CT molecular complexity index is 1120. The number of methoxy groups -OCH3 is 1. The smallest absolute Gasteiger partial charge is 0.277 e. The minimum atomic E-state index is -0.349. The molecule has 0 saturated heterocycles. The molecule has 3 aromatic carbocycles. The Balaban J connectivity index is 1.54. The van der Waals surface area contributed by atoms with Crippen LogP contribution in [-0.4, -0.2) is 25.8 Å². The van der Waals surface area contributed by atoms with Gasteiger partial charge in [-0.05, 0) is 73.4 Å². The number of amides is 1. The molecule has 0 spiro atoms. The Morgan fingerprint density at radius 3 is 2.33 bits per heavy atom. The Labute approximate surface area is 202 Å². The van der Waals surface area contributed by atoms with Gasteiger partial charge in [-0.1, -0.05) is 45.8 Å². The van der Waals surface area contributed by atoms with Crippen LogP contribution in [0.5, 0.6) is 17.2 Å². The summed E-state index contributed by atoms with van der Waals surface area (Å²) in [6.07, 6.45) is 1.54. The third-order valence-electron chi connectivity index (χ3n) is 4.88. The van der Waals surface area contributed by atoms with Crippen LogP contribution >= 0.6 is 15.9 Å². The highest BCUT2D eigenvalue weighted by atomic mass is 79.9. The van der Waals surface area contributed by atoms with Crippen LogP contribution < -0.4 is 19.6 Å². The normalized spacial score (nSPS) is 10.8. The molecule has 7 heteroatoms. The Kier molecular flexibility index (Phi) is 8.49. The van der Waals surface area contributed by atoms with Crippen LogP contribution in [0, 0.1) is 20.8 Å². The van der Waals surface area contributed by atoms with Crippen molar-refractivity contribution in [3.05, 3.63) is 86.9 Å². The van der Waals surface area contributed by atoms with E-state index in [4.69, 9.17) is 14.2 Å². The Morgan fingerprint density at radius 2 is 1.67 bits per heavy atom. The fourth-order valence-electron chi connectivity index (χ4n) is 3.20. The molecule has 3 aromatic rings. The van der Waals surface area contributed by atoms with Gasteiger partial charge in [-0.2, -0.15) is 5.10 Å². The number of carbonyl (C=O) groups is 1. The zero-order valence-corrected chi connectivity index (χ0v) is 20.7. The van der Waals surface area contributed by atoms with Gasteiger partial charge in [0.1, 0.15) is 12.4 Å². The molecule has 0 unspecified atom stereocenters. The van der Waals surface area contributed by atoms with E-state index in [0.29, 0.717) is 23.9 Å². The molecular formula is C26H27BrN2O4. The zero-order valence-electron chi connectivity index (χ0n) is 19.1. The maximum atomic E-state index is 12.1. The third kappa shape index (κ3) is 7.08. The van der Waals surface area contributed by atoms with Gasteiger partial charge in [-0.15, -0.1) is 0 Å². The second-order valence-electron chi connectivity index (χ2n) is 7.64. The molecule has 0 aromatic heterocycles. The van der Waals surface area contributed by atoms with Crippen LogP contribution in [0.3, 0.4) is 0 Å². The van der Waals surface area contributed by atoms with Gasteiger partial charge in [0.25, 0.3) is 5.91 Å². The van der Waals surface area contributed by atoms with Crippen LogP contribution in [0.1, 0.15) is 27.8 Å². The summed E-state index contributed by atoms with van der Waals surface area (Å²) < 4.78 is 18.0. The number of carbonyl (C=O) groups excluding carboxylic acids is 1. The first-order chi connectivity index (χ1) is 15.9. The van der Waals surface area contributed by atoms with Crippen molar-refractivity contribution >= 4 is 28.1 Å². The predicted molar refractivity (Wildman–Crippen MR) is 133 cm³/mol. The molecule has 1 amide bonds. The zero-order chi connectivity index (χ0) is 23.8. The lowest BCUT2D eigenvalue weighted by atomic mass is 10.1. The number of halogens is 1. The molecule has 33 heavy (non-hydrogen) atoms. The van der Waals surface area contributed by atoms with Crippen LogP contribution in [0.25, 0.3) is 0 Å². The molecular weight excluding hydrogens is 484 g/mol. The van der Waals surface area contributed by atoms with Gasteiger partial charge in [0, 0.05) is 4.47 Å². The minimum absolute atomic E-state index is 0.129. The quantitative estimate of drug-likeness (QED) is 0.305. The molecule has 0 fully saturated rings. The van der Waals surface area contributed by atoms with Crippen molar-refractivity contribution < 1.29 is 19.0 Å². The summed E-state index contributed by atoms with van der Waals surface area (Å²) in [5, 5.41) is 4.01. The van der Waals surface area contributed by atoms with E-state index in [1.54, 1.807) is 19.4 Å². The van der Waals surface area contributed by atoms with Crippen LogP contribution in [-0.2, 0) is 11.4 Å². The Hall–Kier alpha value is -3.32. The lowest BCUT2D eigenvalue weighted by Gasteiger charge is -2.12. The predicted octanol–water partition coefficient (Wildman–Crippen LogP) is 5.49. The summed E-state index contributed by atoms with van der Waals surface area (Å²) in [6, 6.07) is 17.5. The lowest BCUT2D eigenvalue weighted by Crippen LogP contribution is -2.25. The average Bonchev–Trinajstić information content (AvgIpc) is 2.78. The van der Waals surface area contributed by atoms with Gasteiger partial charge in [-0.25, -0.2) is 5.43 Å². The van der Waals surface area contributed by atoms with E-state index >= 15 is 0 Å². The molecule has 0 aliphatic carbocycles. The first-order valence-corrected chi connectivity index (χ1v) is 11.2. The van der Waals surface area contributed by atoms with Crippen molar-refractivity contribution in [2.75, 3.05) is 13.7 Å². The minimum Gasteiger partial charge on any atom is -0.493 e. The molecule has 0 bridgehead atoms. The van der Waals surface area contributed by atoms with Crippen molar-refractivity contribution in [2.24, 2.45) is 5.10 Å². The summed E-state index contributed by atoms with van der Waals surface area (Å²) in [5.74, 6) is 1.57. The first kappa shape index (κ1) is 24.3. The molecule has 0 heterocycles. The molecule has 0 atom stereocenters. The largest absolute Gasteiger partial charge is 0.493 e. The summed E-state index contributed by atoms with van der Waals surface area (Å²) in [6.45, 7) is 6.23. The summed E-state index contributed by atoms with van der Waals surface area (Å²) in [7, 11) is 1.58. The van der Waals surface area contributed by atoms with E-state index in [1.807, 2.05) is 57.2 Å². The van der Waals surface area contributed by atoms with Gasteiger partial charge in [-0.3, -0.25) is 4.79 Å². The topological polar surface area (TPSA) is 69.2 Å². The lowest BCUT2D eigenvalue weighted by molar-refractivity contribution is -0.123. The molecule has 3 rings (SSSR count). The van der Waals surface area contributed by atoms with Gasteiger partial charge >= 0.3 is 0 Å². The molecule has 0 saturated carbocycles. The highest BCUT2D eigenvalue weighted by Gasteiger charge is 2.09. The van der Waals surface area contributed by atoms with Gasteiger partial charge < -0.3 is 14.2 Å². The third-order valence-corrected chi connectivity index (χ3v) is 5.34. The number of hydrogen-bond donors (Lipinski definition) is 1. The van der Waals surface area contributed by atoms with Crippen molar-refractivity contribution in [1.29, 1.82) is 0 Å². The molecule has 0 radical (unpaired) electrons. The van der Waals surface area contributed by atoms with Crippen LogP contribution in [0.2, 0.25) is 0 Å². The van der Waals surface area contributed by atoms with Crippen molar-refractivity contribution in [3.63, 3.8) is 0 Å². The van der Waals surface area contributed by atoms with Crippen molar-refractivity contribution in [1.82, 2.24) is 5.43 Å². The number of nitrogens with zero attached hydrogens (tertiary/aromatic N) is 1. The second-order valence-corrected chi connectivity index (χ2v) is 8.55. The Morgan fingerprint density at radius 1 is 0.970 bits per heavy atom. The van der Waals surface area contributed by atoms with E-state index in [1.165, 1.54) is 5.56 Å². The number of nitrogens with one attached hydrogen (secondary N) is 1. The maximum Gasteiger partial charge on any atom is 0.277 e. The average molecular weight is 511 g/mol. The van der Waals surface area contributed by atoms with Crippen LogP contribution in [0.15, 0.2) is 64.2 Å². The SMILES string of the molecule is COc1cc(/C=N/NC(=O)COc2c(C)cc(Br)cc2C)ccc1OCc1ccc(C)cc1. The number of hydrazone groups is 1. The maximum absolute atomic E-state index is 12.1. The number of hydrogen-bond acceptors (Lipinski definition) is 5.